The molecule has 0 spiro atoms. The van der Waals surface area contributed by atoms with E-state index in [0.717, 1.165) is 23.9 Å². The van der Waals surface area contributed by atoms with Crippen LogP contribution in [0.25, 0.3) is 10.9 Å². The van der Waals surface area contributed by atoms with Gasteiger partial charge in [-0.25, -0.2) is 4.98 Å². The minimum absolute atomic E-state index is 0. The minimum atomic E-state index is 0. The molecule has 0 saturated carbocycles. The molecule has 4 nitrogen and oxygen atoms in total. The fraction of sp³-hybridized carbons (Fsp3) is 0.125. The van der Waals surface area contributed by atoms with Gasteiger partial charge in [0.05, 0.1) is 5.52 Å². The van der Waals surface area contributed by atoms with Crippen LogP contribution in [0.1, 0.15) is 5.56 Å². The van der Waals surface area contributed by atoms with E-state index in [1.165, 1.54) is 5.56 Å². The molecule has 0 bridgehead atoms. The number of nitrogens with two attached hydrogens (primary N) is 1. The number of nitrogens with zero attached hydrogens (tertiary/aromatic N) is 2. The molecule has 3 aromatic rings. The maximum atomic E-state index is 5.95. The van der Waals surface area contributed by atoms with Crippen molar-refractivity contribution in [3.05, 3.63) is 60.2 Å². The lowest BCUT2D eigenvalue weighted by atomic mass is 10.1. The summed E-state index contributed by atoms with van der Waals surface area (Å²) in [6.45, 7) is 0.780. The van der Waals surface area contributed by atoms with Crippen molar-refractivity contribution >= 4 is 35.1 Å². The molecule has 3 N–H and O–H groups in total. The fourth-order valence-corrected chi connectivity index (χ4v) is 2.14. The van der Waals surface area contributed by atoms with E-state index in [0.29, 0.717) is 11.8 Å². The molecule has 108 valence electrons. The molecule has 0 unspecified atom stereocenters. The van der Waals surface area contributed by atoms with Crippen molar-refractivity contribution in [1.29, 1.82) is 0 Å². The highest BCUT2D eigenvalue weighted by atomic mass is 35.5. The van der Waals surface area contributed by atoms with Gasteiger partial charge in [-0.3, -0.25) is 0 Å². The van der Waals surface area contributed by atoms with E-state index in [9.17, 15) is 0 Å². The van der Waals surface area contributed by atoms with E-state index in [1.54, 1.807) is 0 Å². The van der Waals surface area contributed by atoms with Crippen molar-refractivity contribution < 1.29 is 0 Å². The largest absolute Gasteiger partial charge is 0.383 e. The number of nitrogen functional groups attached to an aromatic ring is 1. The summed E-state index contributed by atoms with van der Waals surface area (Å²) in [6.07, 6.45) is 0.928. The summed E-state index contributed by atoms with van der Waals surface area (Å²) in [5.74, 6) is 1.09. The number of hydrogen-bond acceptors (Lipinski definition) is 4. The third-order valence-electron chi connectivity index (χ3n) is 3.17. The number of aromatic nitrogens is 2. The molecule has 3 rings (SSSR count). The number of benzene rings is 2. The molecule has 0 amide bonds. The Bertz CT molecular complexity index is 716. The smallest absolute Gasteiger partial charge is 0.225 e. The molecule has 1 aromatic heterocycles. The van der Waals surface area contributed by atoms with E-state index >= 15 is 0 Å². The molecule has 0 aliphatic heterocycles. The number of hydrogen-bond donors (Lipinski definition) is 2. The molecule has 1 heterocycles. The molecular formula is C16H17ClN4. The van der Waals surface area contributed by atoms with Crippen molar-refractivity contribution in [3.63, 3.8) is 0 Å². The van der Waals surface area contributed by atoms with Gasteiger partial charge in [0, 0.05) is 11.9 Å². The van der Waals surface area contributed by atoms with Crippen LogP contribution in [0.2, 0.25) is 0 Å². The van der Waals surface area contributed by atoms with Crippen molar-refractivity contribution in [1.82, 2.24) is 9.97 Å². The molecule has 0 fully saturated rings. The zero-order valence-electron chi connectivity index (χ0n) is 11.5. The maximum absolute atomic E-state index is 5.95. The van der Waals surface area contributed by atoms with Crippen LogP contribution in [0.5, 0.6) is 0 Å². The minimum Gasteiger partial charge on any atom is -0.383 e. The number of anilines is 2. The number of para-hydroxylation sites is 1. The summed E-state index contributed by atoms with van der Waals surface area (Å²) in [6, 6.07) is 18.1. The first-order valence-electron chi connectivity index (χ1n) is 6.63. The Morgan fingerprint density at radius 1 is 0.905 bits per heavy atom. The second kappa shape index (κ2) is 6.90. The third kappa shape index (κ3) is 3.61. The molecule has 0 radical (unpaired) electrons. The summed E-state index contributed by atoms with van der Waals surface area (Å²) in [4.78, 5) is 8.75. The number of halogens is 1. The topological polar surface area (TPSA) is 63.8 Å². The molecule has 0 aliphatic carbocycles. The lowest BCUT2D eigenvalue weighted by Gasteiger charge is -2.07. The van der Waals surface area contributed by atoms with Crippen LogP contribution in [-0.4, -0.2) is 16.5 Å². The molecule has 0 saturated heterocycles. The highest BCUT2D eigenvalue weighted by Crippen LogP contribution is 2.18. The molecule has 0 atom stereocenters. The van der Waals surface area contributed by atoms with Gasteiger partial charge in [-0.2, -0.15) is 4.98 Å². The van der Waals surface area contributed by atoms with Crippen molar-refractivity contribution in [2.75, 3.05) is 17.6 Å². The van der Waals surface area contributed by atoms with Crippen LogP contribution in [0.3, 0.4) is 0 Å². The van der Waals surface area contributed by atoms with Gasteiger partial charge in [-0.05, 0) is 24.1 Å². The number of rotatable bonds is 4. The Hall–Kier alpha value is -2.33. The van der Waals surface area contributed by atoms with Gasteiger partial charge in [0.25, 0.3) is 0 Å². The Labute approximate surface area is 129 Å². The molecule has 5 heteroatoms. The zero-order valence-corrected chi connectivity index (χ0v) is 12.3. The average molecular weight is 301 g/mol. The van der Waals surface area contributed by atoms with Crippen LogP contribution in [-0.2, 0) is 6.42 Å². The van der Waals surface area contributed by atoms with E-state index in [-0.39, 0.29) is 12.4 Å². The number of nitrogens with one attached hydrogen (secondary N) is 1. The van der Waals surface area contributed by atoms with E-state index < -0.39 is 0 Å². The van der Waals surface area contributed by atoms with Crippen LogP contribution in [0.4, 0.5) is 11.8 Å². The van der Waals surface area contributed by atoms with Gasteiger partial charge in [-0.1, -0.05) is 42.5 Å². The first-order valence-corrected chi connectivity index (χ1v) is 6.63. The van der Waals surface area contributed by atoms with Crippen molar-refractivity contribution in [2.24, 2.45) is 0 Å². The predicted molar refractivity (Wildman–Crippen MR) is 89.8 cm³/mol. The zero-order chi connectivity index (χ0) is 13.8. The van der Waals surface area contributed by atoms with Gasteiger partial charge < -0.3 is 11.1 Å². The van der Waals surface area contributed by atoms with E-state index in [1.807, 2.05) is 42.5 Å². The lowest BCUT2D eigenvalue weighted by molar-refractivity contribution is 0.992. The summed E-state index contributed by atoms with van der Waals surface area (Å²) in [5.41, 5.74) is 8.10. The molecule has 21 heavy (non-hydrogen) atoms. The van der Waals surface area contributed by atoms with Gasteiger partial charge >= 0.3 is 0 Å². The van der Waals surface area contributed by atoms with Crippen LogP contribution >= 0.6 is 12.4 Å². The van der Waals surface area contributed by atoms with Crippen LogP contribution in [0, 0.1) is 0 Å². The van der Waals surface area contributed by atoms with E-state index in [2.05, 4.69) is 27.4 Å². The van der Waals surface area contributed by atoms with Gasteiger partial charge in [0.1, 0.15) is 5.82 Å². The Morgan fingerprint density at radius 2 is 1.62 bits per heavy atom. The summed E-state index contributed by atoms with van der Waals surface area (Å²) >= 11 is 0. The van der Waals surface area contributed by atoms with Gasteiger partial charge in [-0.15, -0.1) is 12.4 Å². The first-order chi connectivity index (χ1) is 9.83. The Kier molecular flexibility index (Phi) is 4.95. The van der Waals surface area contributed by atoms with Gasteiger partial charge in [0.2, 0.25) is 5.95 Å². The fourth-order valence-electron chi connectivity index (χ4n) is 2.14. The van der Waals surface area contributed by atoms with Crippen LogP contribution < -0.4 is 11.1 Å². The highest BCUT2D eigenvalue weighted by molar-refractivity contribution is 5.88. The summed E-state index contributed by atoms with van der Waals surface area (Å²) in [5, 5.41) is 4.11. The Morgan fingerprint density at radius 3 is 2.43 bits per heavy atom. The molecule has 0 aliphatic rings. The SMILES string of the molecule is Cl.Nc1nc(NCCc2ccccc2)nc2ccccc12. The quantitative estimate of drug-likeness (QED) is 0.776. The monoisotopic (exact) mass is 300 g/mol. The second-order valence-electron chi connectivity index (χ2n) is 4.61. The van der Waals surface area contributed by atoms with Crippen LogP contribution in [0.15, 0.2) is 54.6 Å². The third-order valence-corrected chi connectivity index (χ3v) is 3.17. The second-order valence-corrected chi connectivity index (χ2v) is 4.61. The average Bonchev–Trinajstić information content (AvgIpc) is 2.48. The molecule has 2 aromatic carbocycles. The normalized spacial score (nSPS) is 10.1. The highest BCUT2D eigenvalue weighted by Gasteiger charge is 2.03. The van der Waals surface area contributed by atoms with Crippen molar-refractivity contribution in [2.45, 2.75) is 6.42 Å². The summed E-state index contributed by atoms with van der Waals surface area (Å²) < 4.78 is 0. The number of fused-ring (bicyclic) bond motifs is 1. The Balaban J connectivity index is 0.00000161. The predicted octanol–water partition coefficient (Wildman–Crippen LogP) is 3.29. The van der Waals surface area contributed by atoms with Crippen molar-refractivity contribution in [3.8, 4) is 0 Å². The lowest BCUT2D eigenvalue weighted by Crippen LogP contribution is -2.09. The maximum Gasteiger partial charge on any atom is 0.225 e. The first kappa shape index (κ1) is 15.1. The van der Waals surface area contributed by atoms with E-state index in [4.69, 9.17) is 5.73 Å². The van der Waals surface area contributed by atoms with Gasteiger partial charge in [0.15, 0.2) is 0 Å². The summed E-state index contributed by atoms with van der Waals surface area (Å²) in [7, 11) is 0. The standard InChI is InChI=1S/C16H16N4.ClH/c17-15-13-8-4-5-9-14(13)19-16(20-15)18-11-10-12-6-2-1-3-7-12;/h1-9H,10-11H2,(H3,17,18,19,20);1H. The molecular weight excluding hydrogens is 284 g/mol.